The van der Waals surface area contributed by atoms with Gasteiger partial charge >= 0.3 is 0 Å². The number of nitrogens with zero attached hydrogens (tertiary/aromatic N) is 2. The second kappa shape index (κ2) is 6.54. The molecule has 1 heterocycles. The fourth-order valence-electron chi connectivity index (χ4n) is 1.98. The Morgan fingerprint density at radius 2 is 2.10 bits per heavy atom. The van der Waals surface area contributed by atoms with Crippen molar-refractivity contribution in [3.05, 3.63) is 57.8 Å². The molecule has 2 rings (SSSR count). The fraction of sp³-hybridized carbons (Fsp3) is 0.375. The Hall–Kier alpha value is -2.14. The third kappa shape index (κ3) is 3.92. The van der Waals surface area contributed by atoms with Crippen molar-refractivity contribution in [2.45, 2.75) is 33.4 Å². The molecule has 5 heteroatoms. The van der Waals surface area contributed by atoms with Gasteiger partial charge in [0.15, 0.2) is 0 Å². The van der Waals surface area contributed by atoms with Crippen LogP contribution in [0.1, 0.15) is 16.8 Å². The minimum atomic E-state index is -0.771. The first-order valence-electron chi connectivity index (χ1n) is 6.87. The largest absolute Gasteiger partial charge is 0.491 e. The zero-order valence-electron chi connectivity index (χ0n) is 12.5. The molecular weight excluding hydrogens is 268 g/mol. The zero-order valence-corrected chi connectivity index (χ0v) is 12.5. The van der Waals surface area contributed by atoms with Crippen LogP contribution in [0.4, 0.5) is 0 Å². The van der Waals surface area contributed by atoms with E-state index < -0.39 is 6.10 Å². The highest BCUT2D eigenvalue weighted by Crippen LogP contribution is 2.12. The number of benzene rings is 1. The molecule has 0 aliphatic rings. The van der Waals surface area contributed by atoms with E-state index in [9.17, 15) is 9.90 Å². The number of ether oxygens (including phenoxy) is 1. The number of aliphatic hydroxyl groups excluding tert-OH is 1. The molecule has 1 atom stereocenters. The summed E-state index contributed by atoms with van der Waals surface area (Å²) in [6.45, 7) is 5.79. The molecule has 0 radical (unpaired) electrons. The molecule has 0 spiro atoms. The Bertz CT molecular complexity index is 679. The first-order valence-corrected chi connectivity index (χ1v) is 6.87. The van der Waals surface area contributed by atoms with Crippen LogP contribution in [0.2, 0.25) is 0 Å². The van der Waals surface area contributed by atoms with Crippen LogP contribution in [0.5, 0.6) is 5.75 Å². The maximum absolute atomic E-state index is 12.0. The minimum Gasteiger partial charge on any atom is -0.491 e. The molecule has 0 fully saturated rings. The third-order valence-corrected chi connectivity index (χ3v) is 3.35. The highest BCUT2D eigenvalue weighted by molar-refractivity contribution is 5.27. The van der Waals surface area contributed by atoms with Gasteiger partial charge in [-0.2, -0.15) is 0 Å². The molecule has 2 aromatic rings. The van der Waals surface area contributed by atoms with Crippen LogP contribution in [0.15, 0.2) is 35.4 Å². The number of aryl methyl sites for hydroxylation is 2. The Balaban J connectivity index is 1.98. The zero-order chi connectivity index (χ0) is 15.4. The number of aromatic nitrogens is 2. The van der Waals surface area contributed by atoms with Crippen LogP contribution in [0, 0.1) is 20.8 Å². The van der Waals surface area contributed by atoms with E-state index in [-0.39, 0.29) is 18.7 Å². The average Bonchev–Trinajstić information content (AvgIpc) is 2.46. The first-order chi connectivity index (χ1) is 9.97. The minimum absolute atomic E-state index is 0.128. The molecule has 0 amide bonds. The van der Waals surface area contributed by atoms with Gasteiger partial charge in [0.1, 0.15) is 18.5 Å². The van der Waals surface area contributed by atoms with Crippen LogP contribution in [0.25, 0.3) is 0 Å². The lowest BCUT2D eigenvalue weighted by molar-refractivity contribution is 0.0912. The molecule has 0 saturated carbocycles. The molecule has 0 saturated heterocycles. The summed E-state index contributed by atoms with van der Waals surface area (Å²) in [6.07, 6.45) is 0.688. The molecule has 1 aromatic heterocycles. The standard InChI is InChI=1S/C16H20N2O3/c1-11-5-4-6-15(7-11)21-9-14(19)8-18-10-17-13(3)12(2)16(18)20/h4-7,10,14,19H,8-9H2,1-3H3. The molecule has 0 bridgehead atoms. The molecule has 5 nitrogen and oxygen atoms in total. The molecule has 0 aliphatic carbocycles. The monoisotopic (exact) mass is 288 g/mol. The Labute approximate surface area is 123 Å². The van der Waals surface area contributed by atoms with Crippen molar-refractivity contribution >= 4 is 0 Å². The van der Waals surface area contributed by atoms with Crippen molar-refractivity contribution in [2.24, 2.45) is 0 Å². The number of hydrogen-bond donors (Lipinski definition) is 1. The normalized spacial score (nSPS) is 12.2. The maximum Gasteiger partial charge on any atom is 0.256 e. The van der Waals surface area contributed by atoms with Gasteiger partial charge in [-0.05, 0) is 38.5 Å². The van der Waals surface area contributed by atoms with Gasteiger partial charge in [-0.1, -0.05) is 12.1 Å². The average molecular weight is 288 g/mol. The van der Waals surface area contributed by atoms with Gasteiger partial charge in [-0.25, -0.2) is 4.98 Å². The summed E-state index contributed by atoms with van der Waals surface area (Å²) in [5.41, 5.74) is 2.28. The summed E-state index contributed by atoms with van der Waals surface area (Å²) in [6, 6.07) is 7.61. The van der Waals surface area contributed by atoms with E-state index in [1.54, 1.807) is 13.8 Å². The second-order valence-corrected chi connectivity index (χ2v) is 5.19. The second-order valence-electron chi connectivity index (χ2n) is 5.19. The van der Waals surface area contributed by atoms with Crippen LogP contribution in [0.3, 0.4) is 0 Å². The van der Waals surface area contributed by atoms with E-state index in [4.69, 9.17) is 4.74 Å². The lowest BCUT2D eigenvalue weighted by Crippen LogP contribution is -2.31. The van der Waals surface area contributed by atoms with Crippen LogP contribution in [-0.2, 0) is 6.54 Å². The summed E-state index contributed by atoms with van der Waals surface area (Å²) in [5, 5.41) is 10.0. The van der Waals surface area contributed by atoms with Crippen molar-refractivity contribution in [3.8, 4) is 5.75 Å². The predicted octanol–water partition coefficient (Wildman–Crippen LogP) is 1.61. The van der Waals surface area contributed by atoms with Gasteiger partial charge in [0.2, 0.25) is 0 Å². The van der Waals surface area contributed by atoms with Crippen molar-refractivity contribution in [2.75, 3.05) is 6.61 Å². The van der Waals surface area contributed by atoms with E-state index in [0.717, 1.165) is 5.56 Å². The molecule has 1 N–H and O–H groups in total. The van der Waals surface area contributed by atoms with Crippen molar-refractivity contribution in [1.82, 2.24) is 9.55 Å². The topological polar surface area (TPSA) is 64.3 Å². The predicted molar refractivity (Wildman–Crippen MR) is 80.7 cm³/mol. The quantitative estimate of drug-likeness (QED) is 0.908. The SMILES string of the molecule is Cc1cccc(OCC(O)Cn2cnc(C)c(C)c2=O)c1. The highest BCUT2D eigenvalue weighted by Gasteiger charge is 2.10. The van der Waals surface area contributed by atoms with Crippen LogP contribution in [-0.4, -0.2) is 27.4 Å². The van der Waals surface area contributed by atoms with Gasteiger partial charge in [-0.3, -0.25) is 9.36 Å². The highest BCUT2D eigenvalue weighted by atomic mass is 16.5. The van der Waals surface area contributed by atoms with Crippen molar-refractivity contribution in [1.29, 1.82) is 0 Å². The number of rotatable bonds is 5. The van der Waals surface area contributed by atoms with Gasteiger partial charge < -0.3 is 9.84 Å². The summed E-state index contributed by atoms with van der Waals surface area (Å²) in [5.74, 6) is 0.708. The maximum atomic E-state index is 12.0. The molecule has 1 aromatic carbocycles. The van der Waals surface area contributed by atoms with Gasteiger partial charge in [0.25, 0.3) is 5.56 Å². The van der Waals surface area contributed by atoms with Gasteiger partial charge in [0, 0.05) is 11.3 Å². The summed E-state index contributed by atoms with van der Waals surface area (Å²) < 4.78 is 6.94. The Morgan fingerprint density at radius 3 is 2.81 bits per heavy atom. The lowest BCUT2D eigenvalue weighted by atomic mass is 10.2. The van der Waals surface area contributed by atoms with Gasteiger partial charge in [-0.15, -0.1) is 0 Å². The number of aliphatic hydroxyl groups is 1. The number of hydrogen-bond acceptors (Lipinski definition) is 4. The van der Waals surface area contributed by atoms with Gasteiger partial charge in [0.05, 0.1) is 12.9 Å². The molecule has 0 aliphatic heterocycles. The van der Waals surface area contributed by atoms with E-state index >= 15 is 0 Å². The van der Waals surface area contributed by atoms with Crippen LogP contribution >= 0.6 is 0 Å². The van der Waals surface area contributed by atoms with E-state index in [1.165, 1.54) is 10.9 Å². The lowest BCUT2D eigenvalue weighted by Gasteiger charge is -2.14. The summed E-state index contributed by atoms with van der Waals surface area (Å²) >= 11 is 0. The van der Waals surface area contributed by atoms with E-state index in [0.29, 0.717) is 17.0 Å². The Kier molecular flexibility index (Phi) is 4.75. The summed E-state index contributed by atoms with van der Waals surface area (Å²) in [4.78, 5) is 16.1. The van der Waals surface area contributed by atoms with Crippen LogP contribution < -0.4 is 10.3 Å². The molecule has 112 valence electrons. The first kappa shape index (κ1) is 15.3. The summed E-state index contributed by atoms with van der Waals surface area (Å²) in [7, 11) is 0. The van der Waals surface area contributed by atoms with Crippen molar-refractivity contribution < 1.29 is 9.84 Å². The van der Waals surface area contributed by atoms with E-state index in [1.807, 2.05) is 31.2 Å². The van der Waals surface area contributed by atoms with E-state index in [2.05, 4.69) is 4.98 Å². The molecule has 21 heavy (non-hydrogen) atoms. The van der Waals surface area contributed by atoms with Crippen molar-refractivity contribution in [3.63, 3.8) is 0 Å². The molecular formula is C16H20N2O3. The molecule has 1 unspecified atom stereocenters. The fourth-order valence-corrected chi connectivity index (χ4v) is 1.98. The Morgan fingerprint density at radius 1 is 1.33 bits per heavy atom. The third-order valence-electron chi connectivity index (χ3n) is 3.35. The smallest absolute Gasteiger partial charge is 0.256 e.